The summed E-state index contributed by atoms with van der Waals surface area (Å²) in [5.41, 5.74) is -1.03. The van der Waals surface area contributed by atoms with Gasteiger partial charge in [-0.3, -0.25) is 9.36 Å². The summed E-state index contributed by atoms with van der Waals surface area (Å²) >= 11 is 5.69. The van der Waals surface area contributed by atoms with Crippen molar-refractivity contribution < 1.29 is 30.8 Å². The summed E-state index contributed by atoms with van der Waals surface area (Å²) in [6.07, 6.45) is -0.0386. The molecular weight excluding hydrogens is 504 g/mol. The van der Waals surface area contributed by atoms with E-state index in [-0.39, 0.29) is 23.0 Å². The fraction of sp³-hybridized carbons (Fsp3) is 0.368. The second-order valence-electron chi connectivity index (χ2n) is 7.90. The van der Waals surface area contributed by atoms with E-state index in [1.165, 1.54) is 17.1 Å². The molecule has 34 heavy (non-hydrogen) atoms. The molecule has 15 heteroatoms. The van der Waals surface area contributed by atoms with Gasteiger partial charge in [0.05, 0.1) is 23.3 Å². The van der Waals surface area contributed by atoms with Crippen LogP contribution in [0.5, 0.6) is 0 Å². The highest BCUT2D eigenvalue weighted by Gasteiger charge is 2.46. The molecule has 4 rings (SSSR count). The fourth-order valence-electron chi connectivity index (χ4n) is 3.65. The summed E-state index contributed by atoms with van der Waals surface area (Å²) in [6.45, 7) is 0.935. The molecule has 0 radical (unpaired) electrons. The summed E-state index contributed by atoms with van der Waals surface area (Å²) < 4.78 is 78.4. The predicted octanol–water partition coefficient (Wildman–Crippen LogP) is 3.34. The van der Waals surface area contributed by atoms with E-state index < -0.39 is 49.9 Å². The number of halogens is 5. The van der Waals surface area contributed by atoms with Crippen LogP contribution in [0.25, 0.3) is 5.82 Å². The van der Waals surface area contributed by atoms with Gasteiger partial charge in [0.1, 0.15) is 22.8 Å². The van der Waals surface area contributed by atoms with Crippen molar-refractivity contribution in [1.29, 1.82) is 0 Å². The Labute approximate surface area is 195 Å². The maximum Gasteiger partial charge on any atom is 0.435 e. The van der Waals surface area contributed by atoms with Crippen molar-refractivity contribution in [1.82, 2.24) is 24.3 Å². The van der Waals surface area contributed by atoms with Gasteiger partial charge in [0, 0.05) is 18.3 Å². The topological polar surface area (TPSA) is 112 Å². The van der Waals surface area contributed by atoms with Crippen LogP contribution in [0, 0.1) is 5.82 Å². The molecule has 0 aliphatic carbocycles. The lowest BCUT2D eigenvalue weighted by atomic mass is 10.0. The first-order valence-corrected chi connectivity index (χ1v) is 11.9. The Morgan fingerprint density at radius 1 is 1.29 bits per heavy atom. The third-order valence-electron chi connectivity index (χ3n) is 5.54. The molecule has 1 fully saturated rings. The van der Waals surface area contributed by atoms with Crippen LogP contribution in [0.15, 0.2) is 30.9 Å². The number of sulfone groups is 1. The number of pyridine rings is 1. The van der Waals surface area contributed by atoms with Gasteiger partial charge in [-0.15, -0.1) is 0 Å². The minimum Gasteiger partial charge on any atom is -0.323 e. The van der Waals surface area contributed by atoms with Gasteiger partial charge in [-0.2, -0.15) is 18.3 Å². The number of hydrogen-bond donors (Lipinski definition) is 1. The summed E-state index contributed by atoms with van der Waals surface area (Å²) in [7, 11) is -3.39. The normalized spacial score (nSPS) is 19.9. The van der Waals surface area contributed by atoms with Gasteiger partial charge in [-0.25, -0.2) is 27.5 Å². The molecule has 0 unspecified atom stereocenters. The van der Waals surface area contributed by atoms with E-state index >= 15 is 0 Å². The molecule has 0 bridgehead atoms. The third kappa shape index (κ3) is 4.39. The molecule has 182 valence electrons. The lowest BCUT2D eigenvalue weighted by Gasteiger charge is -2.19. The quantitative estimate of drug-likeness (QED) is 0.516. The average Bonchev–Trinajstić information content (AvgIpc) is 3.41. The standard InChI is InChI=1S/C19H17ClF4N6O3S/c1-18(3-2-4-34(18,32)33)14-8-29(10-26-14)17-12(21)5-11(7-25-17)27-16(31)9-30-15(20)6-13(28-30)19(22,23)24/h5-8,10H,2-4,9H2,1H3,(H,27,31)/t18-/m0/s1. The van der Waals surface area contributed by atoms with Gasteiger partial charge in [-0.05, 0) is 19.8 Å². The van der Waals surface area contributed by atoms with Crippen molar-refractivity contribution in [2.24, 2.45) is 0 Å². The molecule has 4 heterocycles. The van der Waals surface area contributed by atoms with Crippen LogP contribution in [-0.4, -0.2) is 44.4 Å². The van der Waals surface area contributed by atoms with Crippen LogP contribution >= 0.6 is 11.6 Å². The van der Waals surface area contributed by atoms with Gasteiger partial charge in [0.15, 0.2) is 27.2 Å². The Morgan fingerprint density at radius 3 is 2.62 bits per heavy atom. The number of amides is 1. The maximum absolute atomic E-state index is 14.7. The van der Waals surface area contributed by atoms with Crippen LogP contribution in [0.2, 0.25) is 5.15 Å². The van der Waals surface area contributed by atoms with Gasteiger partial charge >= 0.3 is 6.18 Å². The number of alkyl halides is 3. The van der Waals surface area contributed by atoms with Crippen LogP contribution in [0.3, 0.4) is 0 Å². The highest BCUT2D eigenvalue weighted by Crippen LogP contribution is 2.40. The summed E-state index contributed by atoms with van der Waals surface area (Å²) in [4.78, 5) is 20.3. The second kappa shape index (κ2) is 8.34. The van der Waals surface area contributed by atoms with E-state index in [0.29, 0.717) is 23.6 Å². The predicted molar refractivity (Wildman–Crippen MR) is 113 cm³/mol. The van der Waals surface area contributed by atoms with E-state index in [4.69, 9.17) is 11.6 Å². The number of carbonyl (C=O) groups excluding carboxylic acids is 1. The van der Waals surface area contributed by atoms with Crippen molar-refractivity contribution in [3.05, 3.63) is 53.2 Å². The van der Waals surface area contributed by atoms with Crippen molar-refractivity contribution in [3.63, 3.8) is 0 Å². The highest BCUT2D eigenvalue weighted by atomic mass is 35.5. The van der Waals surface area contributed by atoms with Crippen molar-refractivity contribution in [3.8, 4) is 5.82 Å². The number of anilines is 1. The maximum atomic E-state index is 14.7. The van der Waals surface area contributed by atoms with Crippen LogP contribution in [-0.2, 0) is 32.1 Å². The van der Waals surface area contributed by atoms with Gasteiger partial charge < -0.3 is 5.32 Å². The molecule has 3 aromatic heterocycles. The molecular formula is C19H17ClF4N6O3S. The number of nitrogens with one attached hydrogen (secondary N) is 1. The molecule has 9 nitrogen and oxygen atoms in total. The zero-order valence-corrected chi connectivity index (χ0v) is 19.0. The molecule has 1 atom stereocenters. The van der Waals surface area contributed by atoms with Crippen molar-refractivity contribution in [2.45, 2.75) is 37.2 Å². The number of carbonyl (C=O) groups is 1. The summed E-state index contributed by atoms with van der Waals surface area (Å²) in [6, 6.07) is 1.54. The Kier molecular flexibility index (Phi) is 5.92. The SMILES string of the molecule is C[C@@]1(c2cn(-c3ncc(NC(=O)Cn4nc(C(F)(F)F)cc4Cl)cc3F)cn2)CCCS1(=O)=O. The molecule has 0 spiro atoms. The molecule has 1 amide bonds. The van der Waals surface area contributed by atoms with E-state index in [0.717, 1.165) is 12.3 Å². The number of aromatic nitrogens is 5. The molecule has 1 saturated heterocycles. The minimum atomic E-state index is -4.72. The number of nitrogens with zero attached hydrogens (tertiary/aromatic N) is 5. The molecule has 0 aromatic carbocycles. The third-order valence-corrected chi connectivity index (χ3v) is 8.46. The minimum absolute atomic E-state index is 0.0542. The Hall–Kier alpha value is -3.00. The van der Waals surface area contributed by atoms with Crippen molar-refractivity contribution in [2.75, 3.05) is 11.1 Å². The van der Waals surface area contributed by atoms with Crippen LogP contribution < -0.4 is 5.32 Å². The molecule has 1 N–H and O–H groups in total. The van der Waals surface area contributed by atoms with Gasteiger partial charge in [0.25, 0.3) is 0 Å². The van der Waals surface area contributed by atoms with E-state index in [1.807, 2.05) is 0 Å². The Balaban J connectivity index is 1.49. The van der Waals surface area contributed by atoms with Crippen LogP contribution in [0.1, 0.15) is 31.2 Å². The summed E-state index contributed by atoms with van der Waals surface area (Å²) in [5.74, 6) is -1.78. The van der Waals surface area contributed by atoms with E-state index in [2.05, 4.69) is 20.4 Å². The first kappa shape index (κ1) is 24.1. The monoisotopic (exact) mass is 520 g/mol. The fourth-order valence-corrected chi connectivity index (χ4v) is 5.70. The highest BCUT2D eigenvalue weighted by molar-refractivity contribution is 7.92. The second-order valence-corrected chi connectivity index (χ2v) is 10.8. The Bertz CT molecular complexity index is 1370. The van der Waals surface area contributed by atoms with Gasteiger partial charge in [0.2, 0.25) is 5.91 Å². The van der Waals surface area contributed by atoms with E-state index in [1.54, 1.807) is 6.92 Å². The number of rotatable bonds is 5. The molecule has 1 aliphatic rings. The van der Waals surface area contributed by atoms with E-state index in [9.17, 15) is 30.8 Å². The van der Waals surface area contributed by atoms with Crippen molar-refractivity contribution >= 4 is 33.0 Å². The molecule has 3 aromatic rings. The smallest absolute Gasteiger partial charge is 0.323 e. The lowest BCUT2D eigenvalue weighted by Crippen LogP contribution is -2.28. The van der Waals surface area contributed by atoms with Gasteiger partial charge in [-0.1, -0.05) is 11.6 Å². The zero-order valence-electron chi connectivity index (χ0n) is 17.5. The molecule has 1 aliphatic heterocycles. The Morgan fingerprint density at radius 2 is 2.03 bits per heavy atom. The number of hydrogen-bond acceptors (Lipinski definition) is 6. The largest absolute Gasteiger partial charge is 0.435 e. The molecule has 0 saturated carbocycles. The number of imidazole rings is 1. The first-order chi connectivity index (χ1) is 15.8. The lowest BCUT2D eigenvalue weighted by molar-refractivity contribution is -0.141. The van der Waals surface area contributed by atoms with Crippen LogP contribution in [0.4, 0.5) is 23.2 Å². The summed E-state index contributed by atoms with van der Waals surface area (Å²) in [5, 5.41) is 5.15. The first-order valence-electron chi connectivity index (χ1n) is 9.83. The zero-order chi connectivity index (χ0) is 24.9. The average molecular weight is 521 g/mol.